The highest BCUT2D eigenvalue weighted by atomic mass is 32.2. The molecule has 1 aliphatic rings. The maximum atomic E-state index is 14.0. The Morgan fingerprint density at radius 1 is 0.895 bits per heavy atom. The predicted molar refractivity (Wildman–Crippen MR) is 142 cm³/mol. The zero-order valence-corrected chi connectivity index (χ0v) is 22.2. The van der Waals surface area contributed by atoms with E-state index in [1.54, 1.807) is 12.1 Å². The lowest BCUT2D eigenvalue weighted by Gasteiger charge is -2.24. The second-order valence-corrected chi connectivity index (χ2v) is 10.7. The lowest BCUT2D eigenvalue weighted by Crippen LogP contribution is -2.29. The van der Waals surface area contributed by atoms with Crippen molar-refractivity contribution in [2.45, 2.75) is 19.2 Å². The van der Waals surface area contributed by atoms with E-state index in [4.69, 9.17) is 14.2 Å². The normalized spacial score (nSPS) is 17.5. The van der Waals surface area contributed by atoms with E-state index >= 15 is 0 Å². The molecule has 0 unspecified atom stereocenters. The van der Waals surface area contributed by atoms with Gasteiger partial charge < -0.3 is 14.2 Å². The molecule has 11 heteroatoms. The minimum Gasteiger partial charge on any atom is -0.496 e. The van der Waals surface area contributed by atoms with Crippen LogP contribution in [-0.4, -0.2) is 40.6 Å². The minimum atomic E-state index is -4.37. The summed E-state index contributed by atoms with van der Waals surface area (Å²) in [6.07, 6.45) is 1.23. The lowest BCUT2D eigenvalue weighted by atomic mass is 10.1. The highest BCUT2D eigenvalue weighted by Crippen LogP contribution is 2.45. The second kappa shape index (κ2) is 10.2. The van der Waals surface area contributed by atoms with Crippen LogP contribution in [-0.2, 0) is 14.6 Å². The number of hydrogen-bond acceptors (Lipinski definition) is 8. The van der Waals surface area contributed by atoms with Gasteiger partial charge in [0.15, 0.2) is 16.9 Å². The zero-order chi connectivity index (χ0) is 27.8. The smallest absolute Gasteiger partial charge is 0.271 e. The van der Waals surface area contributed by atoms with Gasteiger partial charge in [-0.2, -0.15) is 0 Å². The van der Waals surface area contributed by atoms with Crippen LogP contribution in [0.5, 0.6) is 17.2 Å². The Morgan fingerprint density at radius 3 is 2.08 bits per heavy atom. The van der Waals surface area contributed by atoms with Crippen LogP contribution in [0.15, 0.2) is 59.5 Å². The Bertz CT molecular complexity index is 1560. The largest absolute Gasteiger partial charge is 0.496 e. The molecule has 0 saturated carbocycles. The van der Waals surface area contributed by atoms with Gasteiger partial charge in [0.25, 0.3) is 11.6 Å². The van der Waals surface area contributed by atoms with Crippen LogP contribution >= 0.6 is 0 Å². The number of carbonyl (C=O) groups is 1. The number of hydrogen-bond donors (Lipinski definition) is 0. The molecule has 0 bridgehead atoms. The first kappa shape index (κ1) is 26.7. The maximum absolute atomic E-state index is 14.0. The number of carbonyl (C=O) groups excluding carboxylic acids is 1. The van der Waals surface area contributed by atoms with Gasteiger partial charge in [0.2, 0.25) is 9.84 Å². The van der Waals surface area contributed by atoms with Crippen molar-refractivity contribution in [2.75, 3.05) is 26.2 Å². The van der Waals surface area contributed by atoms with Crippen LogP contribution in [0.3, 0.4) is 0 Å². The number of nitrogens with zero attached hydrogens (tertiary/aromatic N) is 2. The summed E-state index contributed by atoms with van der Waals surface area (Å²) in [6.45, 7) is 3.67. The summed E-state index contributed by atoms with van der Waals surface area (Å²) in [5, 5.41) is 9.93. The summed E-state index contributed by atoms with van der Waals surface area (Å²) >= 11 is 0. The fourth-order valence-electron chi connectivity index (χ4n) is 4.52. The van der Waals surface area contributed by atoms with Crippen molar-refractivity contribution in [3.05, 3.63) is 91.9 Å². The molecule has 1 aliphatic heterocycles. The van der Waals surface area contributed by atoms with Crippen LogP contribution in [0.1, 0.15) is 27.6 Å². The molecule has 4 rings (SSSR count). The Balaban J connectivity index is 1.99. The van der Waals surface area contributed by atoms with E-state index in [0.29, 0.717) is 17.2 Å². The Kier molecular flexibility index (Phi) is 7.14. The number of rotatable bonds is 7. The van der Waals surface area contributed by atoms with Crippen molar-refractivity contribution in [2.24, 2.45) is 0 Å². The number of nitro groups is 1. The summed E-state index contributed by atoms with van der Waals surface area (Å²) in [5.41, 5.74) is 2.08. The van der Waals surface area contributed by atoms with Crippen LogP contribution in [0.4, 0.5) is 11.4 Å². The molecule has 3 aromatic rings. The molecule has 1 amide bonds. The van der Waals surface area contributed by atoms with Crippen molar-refractivity contribution >= 4 is 33.2 Å². The molecule has 0 radical (unpaired) electrons. The number of aryl methyl sites for hydroxylation is 2. The fourth-order valence-corrected chi connectivity index (χ4v) is 6.39. The summed E-state index contributed by atoms with van der Waals surface area (Å²) < 4.78 is 44.1. The standard InChI is InChI=1S/C27H26N2O8S/c1-16-9-17(2)11-21(10-16)28-26(30)25(14-19-13-23(36-4)24(37-5)15-22(19)35-3)38(33,34)27(28)18-7-6-8-20(12-18)29(31)32/h6-15,27H,1-5H3/b25-14-/t27-/m1/s1. The molecular formula is C27H26N2O8S. The molecule has 10 nitrogen and oxygen atoms in total. The molecule has 1 fully saturated rings. The highest BCUT2D eigenvalue weighted by Gasteiger charge is 2.50. The number of benzene rings is 3. The van der Waals surface area contributed by atoms with Crippen LogP contribution in [0.25, 0.3) is 6.08 Å². The van der Waals surface area contributed by atoms with Gasteiger partial charge >= 0.3 is 0 Å². The van der Waals surface area contributed by atoms with Gasteiger partial charge in [0.05, 0.1) is 26.3 Å². The lowest BCUT2D eigenvalue weighted by molar-refractivity contribution is -0.384. The van der Waals surface area contributed by atoms with Gasteiger partial charge in [-0.3, -0.25) is 19.8 Å². The number of anilines is 1. The van der Waals surface area contributed by atoms with Crippen LogP contribution in [0.2, 0.25) is 0 Å². The van der Waals surface area contributed by atoms with Crippen molar-refractivity contribution < 1.29 is 32.3 Å². The fraction of sp³-hybridized carbons (Fsp3) is 0.222. The molecule has 0 aliphatic carbocycles. The highest BCUT2D eigenvalue weighted by molar-refractivity contribution is 7.97. The average Bonchev–Trinajstić information content (AvgIpc) is 3.08. The van der Waals surface area contributed by atoms with E-state index in [1.807, 2.05) is 19.9 Å². The van der Waals surface area contributed by atoms with Crippen molar-refractivity contribution in [1.29, 1.82) is 0 Å². The third-order valence-electron chi connectivity index (χ3n) is 6.14. The van der Waals surface area contributed by atoms with E-state index in [1.165, 1.54) is 63.8 Å². The monoisotopic (exact) mass is 538 g/mol. The maximum Gasteiger partial charge on any atom is 0.271 e. The zero-order valence-electron chi connectivity index (χ0n) is 21.4. The van der Waals surface area contributed by atoms with Crippen LogP contribution in [0, 0.1) is 24.0 Å². The van der Waals surface area contributed by atoms with Crippen LogP contribution < -0.4 is 19.1 Å². The first-order chi connectivity index (χ1) is 18.0. The molecule has 1 atom stereocenters. The van der Waals surface area contributed by atoms with E-state index in [0.717, 1.165) is 16.0 Å². The topological polar surface area (TPSA) is 125 Å². The number of ether oxygens (including phenoxy) is 3. The number of methoxy groups -OCH3 is 3. The van der Waals surface area contributed by atoms with E-state index in [9.17, 15) is 23.3 Å². The summed E-state index contributed by atoms with van der Waals surface area (Å²) in [6, 6.07) is 13.6. The van der Waals surface area contributed by atoms with Gasteiger partial charge in [-0.1, -0.05) is 18.2 Å². The van der Waals surface area contributed by atoms with Gasteiger partial charge in [-0.15, -0.1) is 0 Å². The van der Waals surface area contributed by atoms with Crippen molar-refractivity contribution in [3.63, 3.8) is 0 Å². The quantitative estimate of drug-likeness (QED) is 0.240. The Labute approximate surface area is 220 Å². The molecule has 3 aromatic carbocycles. The van der Waals surface area contributed by atoms with Gasteiger partial charge in [-0.25, -0.2) is 8.42 Å². The Hall–Kier alpha value is -4.38. The number of nitro benzene ring substituents is 1. The van der Waals surface area contributed by atoms with Crippen molar-refractivity contribution in [1.82, 2.24) is 0 Å². The molecule has 38 heavy (non-hydrogen) atoms. The summed E-state index contributed by atoms with van der Waals surface area (Å²) in [7, 11) is -0.0825. The van der Waals surface area contributed by atoms with E-state index < -0.39 is 30.9 Å². The third kappa shape index (κ3) is 4.68. The number of non-ortho nitro benzene ring substituents is 1. The van der Waals surface area contributed by atoms with Gasteiger partial charge in [-0.05, 0) is 54.8 Å². The summed E-state index contributed by atoms with van der Waals surface area (Å²) in [5.74, 6) is 0.154. The average molecular weight is 539 g/mol. The molecular weight excluding hydrogens is 512 g/mol. The van der Waals surface area contributed by atoms with E-state index in [-0.39, 0.29) is 22.6 Å². The molecule has 1 saturated heterocycles. The third-order valence-corrected chi connectivity index (χ3v) is 8.11. The molecule has 0 spiro atoms. The van der Waals surface area contributed by atoms with Crippen molar-refractivity contribution in [3.8, 4) is 17.2 Å². The molecule has 1 heterocycles. The molecule has 198 valence electrons. The SMILES string of the molecule is COc1cc(OC)c(OC)cc1/C=C1/C(=O)N(c2cc(C)cc(C)c2)[C@@H](c2cccc([N+](=O)[O-])c2)S1(=O)=O. The first-order valence-corrected chi connectivity index (χ1v) is 13.0. The number of amides is 1. The predicted octanol–water partition coefficient (Wildman–Crippen LogP) is 4.74. The number of sulfone groups is 1. The second-order valence-electron chi connectivity index (χ2n) is 8.73. The molecule has 0 N–H and O–H groups in total. The summed E-state index contributed by atoms with van der Waals surface area (Å²) in [4.78, 5) is 25.4. The first-order valence-electron chi connectivity index (χ1n) is 11.4. The molecule has 0 aromatic heterocycles. The van der Waals surface area contributed by atoms with Gasteiger partial charge in [0.1, 0.15) is 10.7 Å². The minimum absolute atomic E-state index is 0.0920. The van der Waals surface area contributed by atoms with Gasteiger partial charge in [0, 0.05) is 29.4 Å². The Morgan fingerprint density at radius 2 is 1.50 bits per heavy atom. The van der Waals surface area contributed by atoms with E-state index in [2.05, 4.69) is 0 Å².